The number of benzene rings is 1. The Kier molecular flexibility index (Phi) is 3.55. The van der Waals surface area contributed by atoms with Gasteiger partial charge in [-0.2, -0.15) is 0 Å². The van der Waals surface area contributed by atoms with Crippen LogP contribution < -0.4 is 9.47 Å². The molecule has 3 aromatic rings. The zero-order valence-electron chi connectivity index (χ0n) is 11.5. The van der Waals surface area contributed by atoms with E-state index in [9.17, 15) is 4.79 Å². The van der Waals surface area contributed by atoms with Crippen LogP contribution in [0.5, 0.6) is 11.5 Å². The summed E-state index contributed by atoms with van der Waals surface area (Å²) >= 11 is 0. The summed E-state index contributed by atoms with van der Waals surface area (Å²) in [5, 5.41) is 0. The number of para-hydroxylation sites is 1. The van der Waals surface area contributed by atoms with Gasteiger partial charge < -0.3 is 13.9 Å². The second-order valence-electron chi connectivity index (χ2n) is 4.50. The summed E-state index contributed by atoms with van der Waals surface area (Å²) in [6.45, 7) is 0.331. The zero-order valence-corrected chi connectivity index (χ0v) is 11.5. The number of hydrogen-bond donors (Lipinski definition) is 0. The Morgan fingerprint density at radius 2 is 2.19 bits per heavy atom. The molecule has 106 valence electrons. The maximum atomic E-state index is 11.1. The molecule has 0 radical (unpaired) electrons. The van der Waals surface area contributed by atoms with Crippen LogP contribution in [0.3, 0.4) is 0 Å². The number of aldehydes is 1. The second kappa shape index (κ2) is 5.66. The monoisotopic (exact) mass is 282 g/mol. The number of nitrogens with zero attached hydrogens (tertiary/aromatic N) is 2. The van der Waals surface area contributed by atoms with Crippen LogP contribution in [0.4, 0.5) is 0 Å². The molecule has 5 heteroatoms. The van der Waals surface area contributed by atoms with Crippen LogP contribution in [0.15, 0.2) is 49.1 Å². The average Bonchev–Trinajstić information content (AvgIpc) is 3.01. The minimum Gasteiger partial charge on any atom is -0.493 e. The van der Waals surface area contributed by atoms with Crippen molar-refractivity contribution < 1.29 is 14.3 Å². The summed E-state index contributed by atoms with van der Waals surface area (Å²) < 4.78 is 13.0. The number of pyridine rings is 1. The molecule has 0 saturated heterocycles. The van der Waals surface area contributed by atoms with Crippen molar-refractivity contribution in [2.75, 3.05) is 7.11 Å². The van der Waals surface area contributed by atoms with Crippen molar-refractivity contribution in [1.29, 1.82) is 0 Å². The standard InChI is InChI=1S/C16H14N2O3/c1-20-15-6-2-4-12(9-19)16(15)21-10-13-5-3-7-18-11-17-8-14(13)18/h2-9,11H,10H2,1H3. The number of carbonyl (C=O) groups is 1. The first-order chi connectivity index (χ1) is 10.3. The fourth-order valence-electron chi connectivity index (χ4n) is 2.22. The molecular formula is C16H14N2O3. The third-order valence-electron chi connectivity index (χ3n) is 3.27. The molecular weight excluding hydrogens is 268 g/mol. The number of ether oxygens (including phenoxy) is 2. The molecule has 3 rings (SSSR count). The van der Waals surface area contributed by atoms with Gasteiger partial charge in [0, 0.05) is 11.8 Å². The lowest BCUT2D eigenvalue weighted by Gasteiger charge is -2.13. The number of carbonyl (C=O) groups excluding carboxylic acids is 1. The van der Waals surface area contributed by atoms with Crippen molar-refractivity contribution in [3.05, 3.63) is 60.2 Å². The molecule has 1 aromatic carbocycles. The van der Waals surface area contributed by atoms with Crippen LogP contribution in [0.2, 0.25) is 0 Å². The van der Waals surface area contributed by atoms with Crippen LogP contribution in [-0.2, 0) is 6.61 Å². The Balaban J connectivity index is 1.91. The minimum absolute atomic E-state index is 0.331. The van der Waals surface area contributed by atoms with E-state index in [1.165, 1.54) is 0 Å². The summed E-state index contributed by atoms with van der Waals surface area (Å²) in [5.41, 5.74) is 2.42. The Bertz CT molecular complexity index is 780. The van der Waals surface area contributed by atoms with E-state index in [1.54, 1.807) is 37.8 Å². The predicted octanol–water partition coefficient (Wildman–Crippen LogP) is 2.73. The molecule has 0 aliphatic heterocycles. The van der Waals surface area contributed by atoms with Crippen LogP contribution in [0, 0.1) is 0 Å². The van der Waals surface area contributed by atoms with Crippen molar-refractivity contribution in [3.63, 3.8) is 0 Å². The number of hydrogen-bond acceptors (Lipinski definition) is 4. The molecule has 21 heavy (non-hydrogen) atoms. The summed E-state index contributed by atoms with van der Waals surface area (Å²) in [5.74, 6) is 0.997. The Morgan fingerprint density at radius 3 is 3.00 bits per heavy atom. The Morgan fingerprint density at radius 1 is 1.29 bits per heavy atom. The molecule has 0 fully saturated rings. The number of fused-ring (bicyclic) bond motifs is 1. The summed E-state index contributed by atoms with van der Waals surface area (Å²) in [7, 11) is 1.55. The third kappa shape index (κ3) is 2.45. The van der Waals surface area contributed by atoms with Gasteiger partial charge in [-0.05, 0) is 18.2 Å². The normalized spacial score (nSPS) is 10.5. The van der Waals surface area contributed by atoms with Crippen LogP contribution >= 0.6 is 0 Å². The van der Waals surface area contributed by atoms with Gasteiger partial charge in [-0.25, -0.2) is 4.98 Å². The maximum Gasteiger partial charge on any atom is 0.172 e. The number of aromatic nitrogens is 2. The van der Waals surface area contributed by atoms with Crippen molar-refractivity contribution in [2.24, 2.45) is 0 Å². The van der Waals surface area contributed by atoms with E-state index in [1.807, 2.05) is 22.7 Å². The van der Waals surface area contributed by atoms with Gasteiger partial charge in [0.2, 0.25) is 0 Å². The van der Waals surface area contributed by atoms with E-state index in [0.29, 0.717) is 23.7 Å². The quantitative estimate of drug-likeness (QED) is 0.675. The Hall–Kier alpha value is -2.82. The van der Waals surface area contributed by atoms with Crippen LogP contribution in [0.1, 0.15) is 15.9 Å². The third-order valence-corrected chi connectivity index (χ3v) is 3.27. The highest BCUT2D eigenvalue weighted by molar-refractivity contribution is 5.81. The van der Waals surface area contributed by atoms with Crippen molar-refractivity contribution >= 4 is 11.8 Å². The number of rotatable bonds is 5. The van der Waals surface area contributed by atoms with E-state index in [2.05, 4.69) is 4.98 Å². The largest absolute Gasteiger partial charge is 0.493 e. The SMILES string of the molecule is COc1cccc(C=O)c1OCc1cccn2cncc12. The van der Waals surface area contributed by atoms with Gasteiger partial charge in [0.1, 0.15) is 6.61 Å². The molecule has 0 aliphatic rings. The minimum atomic E-state index is 0.331. The topological polar surface area (TPSA) is 52.8 Å². The molecule has 0 amide bonds. The fraction of sp³-hybridized carbons (Fsp3) is 0.125. The summed E-state index contributed by atoms with van der Waals surface area (Å²) in [6.07, 6.45) is 6.20. The first kappa shape index (κ1) is 13.2. The van der Waals surface area contributed by atoms with Crippen LogP contribution in [0.25, 0.3) is 5.52 Å². The first-order valence-corrected chi connectivity index (χ1v) is 6.48. The van der Waals surface area contributed by atoms with Crippen molar-refractivity contribution in [3.8, 4) is 11.5 Å². The van der Waals surface area contributed by atoms with Gasteiger partial charge >= 0.3 is 0 Å². The second-order valence-corrected chi connectivity index (χ2v) is 4.50. The Labute approximate surface area is 121 Å². The smallest absolute Gasteiger partial charge is 0.172 e. The zero-order chi connectivity index (χ0) is 14.7. The van der Waals surface area contributed by atoms with E-state index in [-0.39, 0.29) is 0 Å². The molecule has 0 aliphatic carbocycles. The van der Waals surface area contributed by atoms with E-state index in [4.69, 9.17) is 9.47 Å². The van der Waals surface area contributed by atoms with Crippen molar-refractivity contribution in [1.82, 2.24) is 9.38 Å². The molecule has 0 N–H and O–H groups in total. The molecule has 0 spiro atoms. The van der Waals surface area contributed by atoms with Crippen molar-refractivity contribution in [2.45, 2.75) is 6.61 Å². The molecule has 0 saturated carbocycles. The highest BCUT2D eigenvalue weighted by Crippen LogP contribution is 2.31. The molecule has 0 atom stereocenters. The van der Waals surface area contributed by atoms with Gasteiger partial charge in [-0.3, -0.25) is 4.79 Å². The molecule has 5 nitrogen and oxygen atoms in total. The molecule has 2 heterocycles. The van der Waals surface area contributed by atoms with Gasteiger partial charge in [-0.15, -0.1) is 0 Å². The summed E-state index contributed by atoms with van der Waals surface area (Å²) in [4.78, 5) is 15.2. The average molecular weight is 282 g/mol. The molecule has 0 bridgehead atoms. The van der Waals surface area contributed by atoms with Gasteiger partial charge in [0.15, 0.2) is 17.8 Å². The van der Waals surface area contributed by atoms with Crippen LogP contribution in [-0.4, -0.2) is 22.8 Å². The molecule has 2 aromatic heterocycles. The maximum absolute atomic E-state index is 11.1. The van der Waals surface area contributed by atoms with Gasteiger partial charge in [-0.1, -0.05) is 12.1 Å². The highest BCUT2D eigenvalue weighted by Gasteiger charge is 2.11. The number of methoxy groups -OCH3 is 1. The van der Waals surface area contributed by atoms with E-state index < -0.39 is 0 Å². The fourth-order valence-corrected chi connectivity index (χ4v) is 2.22. The number of imidazole rings is 1. The van der Waals surface area contributed by atoms with E-state index >= 15 is 0 Å². The van der Waals surface area contributed by atoms with Gasteiger partial charge in [0.05, 0.1) is 30.7 Å². The lowest BCUT2D eigenvalue weighted by Crippen LogP contribution is -2.02. The lowest BCUT2D eigenvalue weighted by atomic mass is 10.2. The highest BCUT2D eigenvalue weighted by atomic mass is 16.5. The lowest BCUT2D eigenvalue weighted by molar-refractivity contribution is 0.111. The molecule has 0 unspecified atom stereocenters. The predicted molar refractivity (Wildman–Crippen MR) is 77.9 cm³/mol. The van der Waals surface area contributed by atoms with Gasteiger partial charge in [0.25, 0.3) is 0 Å². The van der Waals surface area contributed by atoms with E-state index in [0.717, 1.165) is 17.4 Å². The first-order valence-electron chi connectivity index (χ1n) is 6.48. The summed E-state index contributed by atoms with van der Waals surface area (Å²) in [6, 6.07) is 9.11.